The standard InChI is InChI=1S/C21H21BrN6O2/c1-13-4-6-16(7-5-13)10-27-12-23-21(26-27)24-20(29)18-9-8-17(30-18)11-28-15(3)19(22)14(2)25-28/h4-9,12H,10-11H2,1-3H3,(H,24,26,29). The van der Waals surface area contributed by atoms with E-state index >= 15 is 0 Å². The number of carbonyl (C=O) groups is 1. The van der Waals surface area contributed by atoms with Crippen molar-refractivity contribution in [2.24, 2.45) is 0 Å². The monoisotopic (exact) mass is 468 g/mol. The van der Waals surface area contributed by atoms with Crippen LogP contribution in [0.4, 0.5) is 5.95 Å². The van der Waals surface area contributed by atoms with Gasteiger partial charge in [-0.2, -0.15) is 5.10 Å². The number of rotatable bonds is 6. The van der Waals surface area contributed by atoms with Crippen LogP contribution in [0.15, 0.2) is 51.6 Å². The van der Waals surface area contributed by atoms with Crippen molar-refractivity contribution in [3.8, 4) is 0 Å². The second-order valence-corrected chi connectivity index (χ2v) is 7.91. The molecule has 4 rings (SSSR count). The molecule has 1 amide bonds. The second kappa shape index (κ2) is 8.27. The molecule has 3 heterocycles. The van der Waals surface area contributed by atoms with Crippen LogP contribution in [0.3, 0.4) is 0 Å². The van der Waals surface area contributed by atoms with Crippen LogP contribution in [0.25, 0.3) is 0 Å². The van der Waals surface area contributed by atoms with Crippen molar-refractivity contribution in [2.45, 2.75) is 33.9 Å². The molecule has 0 saturated heterocycles. The maximum atomic E-state index is 12.5. The Morgan fingerprint density at radius 1 is 1.07 bits per heavy atom. The van der Waals surface area contributed by atoms with E-state index in [1.165, 1.54) is 5.56 Å². The summed E-state index contributed by atoms with van der Waals surface area (Å²) in [6.07, 6.45) is 1.59. The molecule has 0 aliphatic carbocycles. The second-order valence-electron chi connectivity index (χ2n) is 7.11. The number of nitrogens with one attached hydrogen (secondary N) is 1. The van der Waals surface area contributed by atoms with E-state index in [0.29, 0.717) is 18.8 Å². The van der Waals surface area contributed by atoms with Crippen LogP contribution in [-0.4, -0.2) is 30.5 Å². The lowest BCUT2D eigenvalue weighted by molar-refractivity contribution is 0.0993. The normalized spacial score (nSPS) is 11.1. The molecular formula is C21H21BrN6O2. The third-order valence-electron chi connectivity index (χ3n) is 4.71. The van der Waals surface area contributed by atoms with Gasteiger partial charge in [0.15, 0.2) is 5.76 Å². The number of carbonyl (C=O) groups excluding carboxylic acids is 1. The van der Waals surface area contributed by atoms with E-state index < -0.39 is 5.91 Å². The third kappa shape index (κ3) is 4.35. The molecule has 0 bridgehead atoms. The molecule has 0 fully saturated rings. The van der Waals surface area contributed by atoms with Crippen molar-refractivity contribution in [1.29, 1.82) is 0 Å². The van der Waals surface area contributed by atoms with Gasteiger partial charge in [0, 0.05) is 0 Å². The molecule has 1 N–H and O–H groups in total. The van der Waals surface area contributed by atoms with Crippen LogP contribution >= 0.6 is 15.9 Å². The Morgan fingerprint density at radius 3 is 2.53 bits per heavy atom. The molecule has 0 atom stereocenters. The fourth-order valence-corrected chi connectivity index (χ4v) is 3.32. The summed E-state index contributed by atoms with van der Waals surface area (Å²) in [6, 6.07) is 11.6. The van der Waals surface area contributed by atoms with Gasteiger partial charge in [0.1, 0.15) is 12.1 Å². The molecule has 0 spiro atoms. The first-order chi connectivity index (χ1) is 14.4. The van der Waals surface area contributed by atoms with E-state index in [4.69, 9.17) is 4.42 Å². The van der Waals surface area contributed by atoms with Gasteiger partial charge in [0.05, 0.1) is 29.0 Å². The maximum Gasteiger partial charge on any atom is 0.293 e. The zero-order chi connectivity index (χ0) is 21.3. The Kier molecular flexibility index (Phi) is 5.54. The zero-order valence-corrected chi connectivity index (χ0v) is 18.5. The van der Waals surface area contributed by atoms with Crippen molar-refractivity contribution in [3.63, 3.8) is 0 Å². The average molecular weight is 469 g/mol. The molecule has 1 aromatic carbocycles. The lowest BCUT2D eigenvalue weighted by atomic mass is 10.1. The van der Waals surface area contributed by atoms with Crippen molar-refractivity contribution >= 4 is 27.8 Å². The smallest absolute Gasteiger partial charge is 0.293 e. The van der Waals surface area contributed by atoms with Crippen LogP contribution in [0.2, 0.25) is 0 Å². The largest absolute Gasteiger partial charge is 0.454 e. The average Bonchev–Trinajstić information content (AvgIpc) is 3.42. The quantitative estimate of drug-likeness (QED) is 0.459. The van der Waals surface area contributed by atoms with Gasteiger partial charge in [-0.3, -0.25) is 14.8 Å². The number of hydrogen-bond acceptors (Lipinski definition) is 5. The Bertz CT molecular complexity index is 1190. The molecule has 0 aliphatic rings. The van der Waals surface area contributed by atoms with Gasteiger partial charge in [-0.1, -0.05) is 29.8 Å². The fourth-order valence-electron chi connectivity index (χ4n) is 3.03. The van der Waals surface area contributed by atoms with Crippen molar-refractivity contribution in [1.82, 2.24) is 24.5 Å². The molecule has 3 aromatic heterocycles. The summed E-state index contributed by atoms with van der Waals surface area (Å²) < 4.78 is 10.2. The van der Waals surface area contributed by atoms with Gasteiger partial charge in [0.2, 0.25) is 5.95 Å². The van der Waals surface area contributed by atoms with Crippen LogP contribution in [0, 0.1) is 20.8 Å². The van der Waals surface area contributed by atoms with Crippen molar-refractivity contribution in [3.05, 3.63) is 81.2 Å². The molecule has 9 heteroatoms. The molecular weight excluding hydrogens is 448 g/mol. The van der Waals surface area contributed by atoms with E-state index in [1.807, 2.05) is 49.7 Å². The highest BCUT2D eigenvalue weighted by Gasteiger charge is 2.16. The highest BCUT2D eigenvalue weighted by atomic mass is 79.9. The summed E-state index contributed by atoms with van der Waals surface area (Å²) in [5, 5.41) is 11.4. The van der Waals surface area contributed by atoms with E-state index in [9.17, 15) is 4.79 Å². The fraction of sp³-hybridized carbons (Fsp3) is 0.238. The number of nitrogens with zero attached hydrogens (tertiary/aromatic N) is 5. The first-order valence-electron chi connectivity index (χ1n) is 9.43. The molecule has 154 valence electrons. The number of furan rings is 1. The van der Waals surface area contributed by atoms with E-state index in [-0.39, 0.29) is 11.7 Å². The molecule has 0 saturated carbocycles. The summed E-state index contributed by atoms with van der Waals surface area (Å²) in [7, 11) is 0. The van der Waals surface area contributed by atoms with Crippen molar-refractivity contribution < 1.29 is 9.21 Å². The van der Waals surface area contributed by atoms with Crippen LogP contribution in [0.5, 0.6) is 0 Å². The van der Waals surface area contributed by atoms with Crippen molar-refractivity contribution in [2.75, 3.05) is 5.32 Å². The Hall–Kier alpha value is -3.20. The predicted octanol–water partition coefficient (Wildman–Crippen LogP) is 4.10. The van der Waals surface area contributed by atoms with Crippen LogP contribution in [0.1, 0.15) is 38.8 Å². The lowest BCUT2D eigenvalue weighted by Crippen LogP contribution is -2.12. The Morgan fingerprint density at radius 2 is 1.83 bits per heavy atom. The van der Waals surface area contributed by atoms with Gasteiger partial charge in [0.25, 0.3) is 5.91 Å². The molecule has 8 nitrogen and oxygen atoms in total. The van der Waals surface area contributed by atoms with Gasteiger partial charge < -0.3 is 4.42 Å². The van der Waals surface area contributed by atoms with E-state index in [2.05, 4.69) is 36.4 Å². The van der Waals surface area contributed by atoms with Gasteiger partial charge in [-0.25, -0.2) is 9.67 Å². The topological polar surface area (TPSA) is 90.8 Å². The molecule has 0 radical (unpaired) electrons. The minimum absolute atomic E-state index is 0.195. The van der Waals surface area contributed by atoms with Gasteiger partial charge in [-0.15, -0.1) is 5.10 Å². The number of anilines is 1. The highest BCUT2D eigenvalue weighted by Crippen LogP contribution is 2.21. The first kappa shape index (κ1) is 20.1. The minimum Gasteiger partial charge on any atom is -0.454 e. The summed E-state index contributed by atoms with van der Waals surface area (Å²) in [5.41, 5.74) is 4.21. The number of amides is 1. The maximum absolute atomic E-state index is 12.5. The third-order valence-corrected chi connectivity index (χ3v) is 5.86. The highest BCUT2D eigenvalue weighted by molar-refractivity contribution is 9.10. The number of hydrogen-bond donors (Lipinski definition) is 1. The van der Waals surface area contributed by atoms with Gasteiger partial charge >= 0.3 is 0 Å². The van der Waals surface area contributed by atoms with Gasteiger partial charge in [-0.05, 0) is 54.4 Å². The molecule has 0 unspecified atom stereocenters. The summed E-state index contributed by atoms with van der Waals surface area (Å²) in [6.45, 7) is 6.96. The Balaban J connectivity index is 1.39. The zero-order valence-electron chi connectivity index (χ0n) is 16.9. The van der Waals surface area contributed by atoms with Crippen LogP contribution < -0.4 is 5.32 Å². The molecule has 0 aliphatic heterocycles. The Labute approximate surface area is 182 Å². The molecule has 4 aromatic rings. The lowest BCUT2D eigenvalue weighted by Gasteiger charge is -2.02. The van der Waals surface area contributed by atoms with Crippen LogP contribution in [-0.2, 0) is 13.1 Å². The summed E-state index contributed by atoms with van der Waals surface area (Å²) >= 11 is 3.51. The SMILES string of the molecule is Cc1ccc(Cn2cnc(NC(=O)c3ccc(Cn4nc(C)c(Br)c4C)o3)n2)cc1. The first-order valence-corrected chi connectivity index (χ1v) is 10.2. The number of aromatic nitrogens is 5. The summed E-state index contributed by atoms with van der Waals surface area (Å²) in [4.78, 5) is 16.6. The number of benzene rings is 1. The van der Waals surface area contributed by atoms with E-state index in [1.54, 1.807) is 23.1 Å². The minimum atomic E-state index is -0.399. The predicted molar refractivity (Wildman–Crippen MR) is 115 cm³/mol. The number of halogens is 1. The summed E-state index contributed by atoms with van der Waals surface area (Å²) in [5.74, 6) is 0.660. The number of aryl methyl sites for hydroxylation is 2. The van der Waals surface area contributed by atoms with E-state index in [0.717, 1.165) is 21.4 Å². The molecule has 30 heavy (non-hydrogen) atoms.